The van der Waals surface area contributed by atoms with Crippen molar-refractivity contribution in [2.75, 3.05) is 26.2 Å². The number of hydrogen-bond donors (Lipinski definition) is 2. The van der Waals surface area contributed by atoms with Gasteiger partial charge in [0, 0.05) is 0 Å². The van der Waals surface area contributed by atoms with Gasteiger partial charge in [0.15, 0.2) is 0 Å². The molecule has 1 aliphatic rings. The monoisotopic (exact) mass is 316 g/mol. The summed E-state index contributed by atoms with van der Waals surface area (Å²) >= 11 is 0. The molecule has 1 aromatic carbocycles. The van der Waals surface area contributed by atoms with Crippen molar-refractivity contribution in [2.24, 2.45) is 5.92 Å². The van der Waals surface area contributed by atoms with Crippen LogP contribution >= 0.6 is 0 Å². The number of alkyl halides is 3. The third-order valence-electron chi connectivity index (χ3n) is 3.27. The van der Waals surface area contributed by atoms with Crippen molar-refractivity contribution in [1.29, 1.82) is 0 Å². The molecule has 0 saturated heterocycles. The van der Waals surface area contributed by atoms with Gasteiger partial charge in [0.05, 0.1) is 18.7 Å². The highest BCUT2D eigenvalue weighted by Crippen LogP contribution is 2.31. The summed E-state index contributed by atoms with van der Waals surface area (Å²) in [4.78, 5) is 11.5. The van der Waals surface area contributed by atoms with E-state index in [1.807, 2.05) is 0 Å². The first-order chi connectivity index (χ1) is 10.4. The molecule has 0 aliphatic heterocycles. The second-order valence-electron chi connectivity index (χ2n) is 5.30. The van der Waals surface area contributed by atoms with E-state index in [1.165, 1.54) is 25.0 Å². The van der Waals surface area contributed by atoms with Gasteiger partial charge in [0.1, 0.15) is 12.4 Å². The topological polar surface area (TPSA) is 50.4 Å². The molecule has 1 aromatic rings. The van der Waals surface area contributed by atoms with Gasteiger partial charge < -0.3 is 15.4 Å². The molecular formula is C15H19F3N2O2. The van der Waals surface area contributed by atoms with E-state index in [4.69, 9.17) is 4.74 Å². The lowest BCUT2D eigenvalue weighted by Gasteiger charge is -2.11. The van der Waals surface area contributed by atoms with Crippen molar-refractivity contribution in [1.82, 2.24) is 10.6 Å². The molecule has 7 heteroatoms. The molecule has 0 aromatic heterocycles. The van der Waals surface area contributed by atoms with Gasteiger partial charge in [-0.05, 0) is 43.5 Å². The van der Waals surface area contributed by atoms with Crippen LogP contribution < -0.4 is 15.4 Å². The molecule has 1 aliphatic carbocycles. The minimum Gasteiger partial charge on any atom is -0.492 e. The maximum absolute atomic E-state index is 12.5. The average molecular weight is 316 g/mol. The number of benzene rings is 1. The second-order valence-corrected chi connectivity index (χ2v) is 5.30. The maximum Gasteiger partial charge on any atom is 0.416 e. The molecule has 0 unspecified atom stereocenters. The van der Waals surface area contributed by atoms with Gasteiger partial charge in [0.25, 0.3) is 0 Å². The van der Waals surface area contributed by atoms with E-state index in [1.54, 1.807) is 0 Å². The Kier molecular flexibility index (Phi) is 5.65. The molecule has 1 saturated carbocycles. The SMILES string of the molecule is O=C(CNCC1CC1)NCCOc1cccc(C(F)(F)F)c1. The summed E-state index contributed by atoms with van der Waals surface area (Å²) < 4.78 is 42.8. The van der Waals surface area contributed by atoms with E-state index in [0.717, 1.165) is 18.7 Å². The first kappa shape index (κ1) is 16.6. The normalized spacial score (nSPS) is 14.7. The number of rotatable bonds is 8. The number of nitrogens with one attached hydrogen (secondary N) is 2. The fraction of sp³-hybridized carbons (Fsp3) is 0.533. The summed E-state index contributed by atoms with van der Waals surface area (Å²) in [5.41, 5.74) is -0.752. The van der Waals surface area contributed by atoms with Crippen LogP contribution in [0.1, 0.15) is 18.4 Å². The van der Waals surface area contributed by atoms with Crippen molar-refractivity contribution in [3.05, 3.63) is 29.8 Å². The van der Waals surface area contributed by atoms with Gasteiger partial charge in [0.2, 0.25) is 5.91 Å². The Morgan fingerprint density at radius 1 is 1.32 bits per heavy atom. The number of halogens is 3. The maximum atomic E-state index is 12.5. The quantitative estimate of drug-likeness (QED) is 0.723. The van der Waals surface area contributed by atoms with Crippen LogP contribution in [0.15, 0.2) is 24.3 Å². The molecule has 0 radical (unpaired) electrons. The third-order valence-corrected chi connectivity index (χ3v) is 3.27. The Morgan fingerprint density at radius 3 is 2.77 bits per heavy atom. The lowest BCUT2D eigenvalue weighted by atomic mass is 10.2. The van der Waals surface area contributed by atoms with Crippen molar-refractivity contribution in [3.8, 4) is 5.75 Å². The number of amides is 1. The highest BCUT2D eigenvalue weighted by molar-refractivity contribution is 5.77. The second kappa shape index (κ2) is 7.49. The van der Waals surface area contributed by atoms with Crippen LogP contribution in [-0.2, 0) is 11.0 Å². The summed E-state index contributed by atoms with van der Waals surface area (Å²) in [6.45, 7) is 1.48. The zero-order valence-electron chi connectivity index (χ0n) is 12.1. The largest absolute Gasteiger partial charge is 0.492 e. The first-order valence-electron chi connectivity index (χ1n) is 7.22. The van der Waals surface area contributed by atoms with Gasteiger partial charge >= 0.3 is 6.18 Å². The van der Waals surface area contributed by atoms with Crippen molar-refractivity contribution in [3.63, 3.8) is 0 Å². The van der Waals surface area contributed by atoms with Gasteiger partial charge in [-0.3, -0.25) is 4.79 Å². The van der Waals surface area contributed by atoms with E-state index in [0.29, 0.717) is 5.92 Å². The molecule has 1 fully saturated rings. The Bertz CT molecular complexity index is 502. The van der Waals surface area contributed by atoms with Crippen LogP contribution in [0.3, 0.4) is 0 Å². The Morgan fingerprint density at radius 2 is 2.09 bits per heavy atom. The third kappa shape index (κ3) is 5.93. The molecule has 22 heavy (non-hydrogen) atoms. The van der Waals surface area contributed by atoms with E-state index in [9.17, 15) is 18.0 Å². The van der Waals surface area contributed by atoms with Gasteiger partial charge in [-0.25, -0.2) is 0 Å². The molecule has 4 nitrogen and oxygen atoms in total. The number of ether oxygens (including phenoxy) is 1. The average Bonchev–Trinajstić information content (AvgIpc) is 3.27. The fourth-order valence-corrected chi connectivity index (χ4v) is 1.90. The van der Waals surface area contributed by atoms with E-state index < -0.39 is 11.7 Å². The fourth-order valence-electron chi connectivity index (χ4n) is 1.90. The predicted octanol–water partition coefficient (Wildman–Crippen LogP) is 2.20. The van der Waals surface area contributed by atoms with Crippen molar-refractivity contribution >= 4 is 5.91 Å². The highest BCUT2D eigenvalue weighted by Gasteiger charge is 2.30. The van der Waals surface area contributed by atoms with E-state index in [2.05, 4.69) is 10.6 Å². The van der Waals surface area contributed by atoms with Crippen LogP contribution in [0, 0.1) is 5.92 Å². The lowest BCUT2D eigenvalue weighted by Crippen LogP contribution is -2.36. The minimum atomic E-state index is -4.39. The van der Waals surface area contributed by atoms with Gasteiger partial charge in [-0.2, -0.15) is 13.2 Å². The van der Waals surface area contributed by atoms with Crippen LogP contribution in [-0.4, -0.2) is 32.1 Å². The summed E-state index contributed by atoms with van der Waals surface area (Å²) in [7, 11) is 0. The molecule has 0 heterocycles. The zero-order chi connectivity index (χ0) is 16.0. The molecular weight excluding hydrogens is 297 g/mol. The van der Waals surface area contributed by atoms with Gasteiger partial charge in [-0.1, -0.05) is 6.07 Å². The first-order valence-corrected chi connectivity index (χ1v) is 7.22. The molecule has 2 N–H and O–H groups in total. The zero-order valence-corrected chi connectivity index (χ0v) is 12.1. The lowest BCUT2D eigenvalue weighted by molar-refractivity contribution is -0.137. The molecule has 122 valence electrons. The van der Waals surface area contributed by atoms with E-state index >= 15 is 0 Å². The van der Waals surface area contributed by atoms with Crippen molar-refractivity contribution < 1.29 is 22.7 Å². The smallest absolute Gasteiger partial charge is 0.416 e. The van der Waals surface area contributed by atoms with Crippen LogP contribution in [0.4, 0.5) is 13.2 Å². The Labute approximate surface area is 127 Å². The Balaban J connectivity index is 1.62. The van der Waals surface area contributed by atoms with Crippen LogP contribution in [0.5, 0.6) is 5.75 Å². The number of hydrogen-bond acceptors (Lipinski definition) is 3. The number of carbonyl (C=O) groups is 1. The number of carbonyl (C=O) groups excluding carboxylic acids is 1. The molecule has 2 rings (SSSR count). The minimum absolute atomic E-state index is 0.121. The van der Waals surface area contributed by atoms with Crippen molar-refractivity contribution in [2.45, 2.75) is 19.0 Å². The van der Waals surface area contributed by atoms with E-state index in [-0.39, 0.29) is 31.4 Å². The van der Waals surface area contributed by atoms with Crippen LogP contribution in [0.25, 0.3) is 0 Å². The van der Waals surface area contributed by atoms with Gasteiger partial charge in [-0.15, -0.1) is 0 Å². The van der Waals surface area contributed by atoms with Crippen LogP contribution in [0.2, 0.25) is 0 Å². The predicted molar refractivity (Wildman–Crippen MR) is 75.5 cm³/mol. The standard InChI is InChI=1S/C15H19F3N2O2/c16-15(17,18)12-2-1-3-13(8-12)22-7-6-20-14(21)10-19-9-11-4-5-11/h1-3,8,11,19H,4-7,9-10H2,(H,20,21). The summed E-state index contributed by atoms with van der Waals surface area (Å²) in [5, 5.41) is 5.70. The molecule has 0 atom stereocenters. The Hall–Kier alpha value is -1.76. The molecule has 0 bridgehead atoms. The molecule has 0 spiro atoms. The molecule has 1 amide bonds. The highest BCUT2D eigenvalue weighted by atomic mass is 19.4. The summed E-state index contributed by atoms with van der Waals surface area (Å²) in [5.74, 6) is 0.696. The summed E-state index contributed by atoms with van der Waals surface area (Å²) in [6, 6.07) is 4.67. The summed E-state index contributed by atoms with van der Waals surface area (Å²) in [6.07, 6.45) is -1.94.